The van der Waals surface area contributed by atoms with Crippen LogP contribution < -0.4 is 4.74 Å². The van der Waals surface area contributed by atoms with Gasteiger partial charge in [0.1, 0.15) is 0 Å². The molecular weight excluding hydrogens is 330 g/mol. The van der Waals surface area contributed by atoms with E-state index >= 15 is 0 Å². The molecule has 2 rings (SSSR count). The normalized spacial score (nSPS) is 16.2. The Morgan fingerprint density at radius 1 is 1.57 bits per heavy atom. The third-order valence-electron chi connectivity index (χ3n) is 3.68. The molecule has 1 atom stereocenters. The van der Waals surface area contributed by atoms with Crippen LogP contribution in [0, 0.1) is 12.8 Å². The summed E-state index contributed by atoms with van der Waals surface area (Å²) in [7, 11) is 2.00. The molecule has 0 bridgehead atoms. The first-order valence-electron chi connectivity index (χ1n) is 7.57. The van der Waals surface area contributed by atoms with Gasteiger partial charge >= 0.3 is 0 Å². The first-order chi connectivity index (χ1) is 9.99. The van der Waals surface area contributed by atoms with Crippen LogP contribution in [0.4, 0.5) is 5.69 Å². The number of nitrogens with zero attached hydrogens (tertiary/aromatic N) is 3. The highest BCUT2D eigenvalue weighted by molar-refractivity contribution is 9.10. The minimum atomic E-state index is 0.210. The van der Waals surface area contributed by atoms with E-state index < -0.39 is 0 Å². The molecule has 0 radical (unpaired) electrons. The lowest BCUT2D eigenvalue weighted by Gasteiger charge is -2.16. The largest absolute Gasteiger partial charge is 0.474 e. The Kier molecular flexibility index (Phi) is 5.62. The van der Waals surface area contributed by atoms with Crippen molar-refractivity contribution in [2.75, 3.05) is 13.6 Å². The van der Waals surface area contributed by atoms with Gasteiger partial charge in [-0.05, 0) is 55.1 Å². The Labute approximate surface area is 135 Å². The molecule has 116 valence electrons. The van der Waals surface area contributed by atoms with Crippen LogP contribution in [0.5, 0.6) is 5.88 Å². The maximum absolute atomic E-state index is 5.96. The van der Waals surface area contributed by atoms with Gasteiger partial charge in [-0.1, -0.05) is 12.8 Å². The molecule has 1 aliphatic carbocycles. The number of ether oxygens (including phenoxy) is 1. The van der Waals surface area contributed by atoms with Crippen molar-refractivity contribution >= 4 is 28.0 Å². The SMILES string of the molecule is CCN(C)/C=N/c1cc(Br)c(OC(C)CC2CC2)nc1C. The quantitative estimate of drug-likeness (QED) is 0.540. The first kappa shape index (κ1) is 16.3. The highest BCUT2D eigenvalue weighted by atomic mass is 79.9. The second-order valence-corrected chi connectivity index (χ2v) is 6.66. The summed E-state index contributed by atoms with van der Waals surface area (Å²) in [5.74, 6) is 1.52. The molecule has 0 N–H and O–H groups in total. The number of rotatable bonds is 7. The summed E-state index contributed by atoms with van der Waals surface area (Å²) in [5.41, 5.74) is 1.75. The molecule has 1 saturated carbocycles. The maximum Gasteiger partial charge on any atom is 0.228 e. The highest BCUT2D eigenvalue weighted by Gasteiger charge is 2.25. The van der Waals surface area contributed by atoms with Crippen LogP contribution in [0.3, 0.4) is 0 Å². The van der Waals surface area contributed by atoms with E-state index in [-0.39, 0.29) is 6.10 Å². The Morgan fingerprint density at radius 3 is 2.90 bits per heavy atom. The lowest BCUT2D eigenvalue weighted by atomic mass is 10.2. The predicted molar refractivity (Wildman–Crippen MR) is 90.6 cm³/mol. The van der Waals surface area contributed by atoms with Gasteiger partial charge < -0.3 is 9.64 Å². The van der Waals surface area contributed by atoms with Gasteiger partial charge in [-0.2, -0.15) is 0 Å². The number of halogens is 1. The fourth-order valence-electron chi connectivity index (χ4n) is 2.07. The van der Waals surface area contributed by atoms with Crippen molar-refractivity contribution in [1.82, 2.24) is 9.88 Å². The minimum Gasteiger partial charge on any atom is -0.474 e. The van der Waals surface area contributed by atoms with Crippen LogP contribution in [-0.2, 0) is 0 Å². The van der Waals surface area contributed by atoms with Crippen molar-refractivity contribution in [2.24, 2.45) is 10.9 Å². The molecule has 1 fully saturated rings. The average molecular weight is 354 g/mol. The summed E-state index contributed by atoms with van der Waals surface area (Å²) >= 11 is 3.54. The summed E-state index contributed by atoms with van der Waals surface area (Å²) in [5, 5.41) is 0. The van der Waals surface area contributed by atoms with Crippen molar-refractivity contribution in [3.8, 4) is 5.88 Å². The first-order valence-corrected chi connectivity index (χ1v) is 8.37. The fraction of sp³-hybridized carbons (Fsp3) is 0.625. The van der Waals surface area contributed by atoms with Gasteiger partial charge in [0.2, 0.25) is 5.88 Å². The zero-order chi connectivity index (χ0) is 15.4. The molecule has 1 aromatic rings. The summed E-state index contributed by atoms with van der Waals surface area (Å²) in [6.07, 6.45) is 5.85. The molecule has 0 amide bonds. The molecule has 1 unspecified atom stereocenters. The monoisotopic (exact) mass is 353 g/mol. The van der Waals surface area contributed by atoms with Gasteiger partial charge in [0, 0.05) is 13.6 Å². The van der Waals surface area contributed by atoms with E-state index in [2.05, 4.69) is 39.8 Å². The number of hydrogen-bond acceptors (Lipinski definition) is 3. The topological polar surface area (TPSA) is 37.7 Å². The Balaban J connectivity index is 2.06. The second kappa shape index (κ2) is 7.25. The molecular formula is C16H24BrN3O. The van der Waals surface area contributed by atoms with Gasteiger partial charge in [-0.15, -0.1) is 0 Å². The zero-order valence-corrected chi connectivity index (χ0v) is 14.9. The van der Waals surface area contributed by atoms with E-state index in [0.717, 1.165) is 34.7 Å². The number of aryl methyl sites for hydroxylation is 1. The van der Waals surface area contributed by atoms with Crippen LogP contribution in [0.25, 0.3) is 0 Å². The van der Waals surface area contributed by atoms with E-state index in [0.29, 0.717) is 5.88 Å². The van der Waals surface area contributed by atoms with E-state index in [1.54, 1.807) is 0 Å². The Morgan fingerprint density at radius 2 is 2.29 bits per heavy atom. The lowest BCUT2D eigenvalue weighted by molar-refractivity contribution is 0.193. The third-order valence-corrected chi connectivity index (χ3v) is 4.24. The third kappa shape index (κ3) is 4.99. The maximum atomic E-state index is 5.96. The van der Waals surface area contributed by atoms with Crippen molar-refractivity contribution in [2.45, 2.75) is 46.1 Å². The number of hydrogen-bond donors (Lipinski definition) is 0. The summed E-state index contributed by atoms with van der Waals surface area (Å²) in [6.45, 7) is 7.09. The van der Waals surface area contributed by atoms with Crippen molar-refractivity contribution in [3.05, 3.63) is 16.2 Å². The molecule has 1 heterocycles. The number of pyridine rings is 1. The summed E-state index contributed by atoms with van der Waals surface area (Å²) in [4.78, 5) is 11.0. The smallest absolute Gasteiger partial charge is 0.228 e. The van der Waals surface area contributed by atoms with Gasteiger partial charge in [0.15, 0.2) is 0 Å². The van der Waals surface area contributed by atoms with E-state index in [9.17, 15) is 0 Å². The van der Waals surface area contributed by atoms with E-state index in [4.69, 9.17) is 4.74 Å². The molecule has 4 nitrogen and oxygen atoms in total. The Bertz CT molecular complexity index is 514. The number of aromatic nitrogens is 1. The highest BCUT2D eigenvalue weighted by Crippen LogP contribution is 2.35. The molecule has 5 heteroatoms. The standard InChI is InChI=1S/C16H24BrN3O/c1-5-20(4)10-18-15-9-14(17)16(19-12(15)3)21-11(2)8-13-6-7-13/h9-11,13H,5-8H2,1-4H3/b18-10+. The van der Waals surface area contributed by atoms with E-state index in [1.807, 2.05) is 31.3 Å². The van der Waals surface area contributed by atoms with Crippen LogP contribution in [-0.4, -0.2) is 35.9 Å². The Hall–Kier alpha value is -1.10. The van der Waals surface area contributed by atoms with Crippen LogP contribution in [0.2, 0.25) is 0 Å². The molecule has 0 aromatic carbocycles. The second-order valence-electron chi connectivity index (χ2n) is 5.81. The predicted octanol–water partition coefficient (Wildman–Crippen LogP) is 4.33. The van der Waals surface area contributed by atoms with Gasteiger partial charge in [-0.3, -0.25) is 0 Å². The minimum absolute atomic E-state index is 0.210. The van der Waals surface area contributed by atoms with Gasteiger partial charge in [0.25, 0.3) is 0 Å². The summed E-state index contributed by atoms with van der Waals surface area (Å²) in [6, 6.07) is 1.97. The van der Waals surface area contributed by atoms with Crippen molar-refractivity contribution < 1.29 is 4.74 Å². The molecule has 0 aliphatic heterocycles. The molecule has 0 spiro atoms. The van der Waals surface area contributed by atoms with Crippen LogP contribution in [0.1, 0.15) is 38.8 Å². The average Bonchev–Trinajstić information content (AvgIpc) is 3.24. The zero-order valence-electron chi connectivity index (χ0n) is 13.3. The molecule has 21 heavy (non-hydrogen) atoms. The van der Waals surface area contributed by atoms with Crippen molar-refractivity contribution in [3.63, 3.8) is 0 Å². The fourth-order valence-corrected chi connectivity index (χ4v) is 2.47. The van der Waals surface area contributed by atoms with Gasteiger partial charge in [-0.25, -0.2) is 9.98 Å². The van der Waals surface area contributed by atoms with Gasteiger partial charge in [0.05, 0.1) is 28.3 Å². The van der Waals surface area contributed by atoms with Crippen molar-refractivity contribution in [1.29, 1.82) is 0 Å². The lowest BCUT2D eigenvalue weighted by Crippen LogP contribution is -2.15. The van der Waals surface area contributed by atoms with E-state index in [1.165, 1.54) is 12.8 Å². The summed E-state index contributed by atoms with van der Waals surface area (Å²) < 4.78 is 6.82. The number of aliphatic imine (C=N–C) groups is 1. The molecule has 0 saturated heterocycles. The molecule has 1 aromatic heterocycles. The molecule has 1 aliphatic rings. The van der Waals surface area contributed by atoms with Crippen LogP contribution >= 0.6 is 15.9 Å². The van der Waals surface area contributed by atoms with Crippen LogP contribution in [0.15, 0.2) is 15.5 Å².